The number of thioether (sulfide) groups is 1. The van der Waals surface area contributed by atoms with E-state index in [2.05, 4.69) is 15.3 Å². The van der Waals surface area contributed by atoms with Gasteiger partial charge >= 0.3 is 5.97 Å². The Morgan fingerprint density at radius 2 is 1.84 bits per heavy atom. The van der Waals surface area contributed by atoms with Crippen molar-refractivity contribution in [3.8, 4) is 16.9 Å². The molecule has 38 heavy (non-hydrogen) atoms. The van der Waals surface area contributed by atoms with E-state index in [1.807, 2.05) is 29.6 Å². The highest BCUT2D eigenvalue weighted by atomic mass is 32.2. The zero-order valence-electron chi connectivity index (χ0n) is 19.5. The van der Waals surface area contributed by atoms with Crippen LogP contribution in [0.4, 0.5) is 5.69 Å². The van der Waals surface area contributed by atoms with Crippen molar-refractivity contribution >= 4 is 80.2 Å². The third-order valence-corrected chi connectivity index (χ3v) is 7.90. The molecule has 0 bridgehead atoms. The molecule has 5 rings (SSSR count). The fourth-order valence-electron chi connectivity index (χ4n) is 3.77. The predicted molar refractivity (Wildman–Crippen MR) is 151 cm³/mol. The maximum absolute atomic E-state index is 13.0. The quantitative estimate of drug-likeness (QED) is 0.210. The molecule has 0 atom stereocenters. The van der Waals surface area contributed by atoms with Gasteiger partial charge in [0.1, 0.15) is 15.6 Å². The smallest absolute Gasteiger partial charge is 0.339 e. The van der Waals surface area contributed by atoms with E-state index < -0.39 is 17.6 Å². The number of anilines is 1. The molecule has 3 N–H and O–H groups in total. The molecule has 1 aliphatic heterocycles. The first kappa shape index (κ1) is 25.5. The Labute approximate surface area is 229 Å². The lowest BCUT2D eigenvalue weighted by atomic mass is 10.1. The molecule has 0 radical (unpaired) electrons. The Bertz CT molecular complexity index is 1650. The van der Waals surface area contributed by atoms with Crippen LogP contribution in [0.5, 0.6) is 5.75 Å². The SMILES string of the molecule is O=C(CCN1C(=O)C(=Cc2cc(-c3ccc4nccnc4c3)cs2)SC1=S)Nc1ccc(C(=O)O)c(O)c1. The van der Waals surface area contributed by atoms with Crippen molar-refractivity contribution in [2.24, 2.45) is 0 Å². The number of carbonyl (C=O) groups excluding carboxylic acids is 2. The zero-order valence-corrected chi connectivity index (χ0v) is 21.9. The number of thiocarbonyl (C=S) groups is 1. The average Bonchev–Trinajstić information content (AvgIpc) is 3.46. The van der Waals surface area contributed by atoms with E-state index in [-0.39, 0.29) is 30.1 Å². The molecule has 4 aromatic rings. The van der Waals surface area contributed by atoms with Gasteiger partial charge in [-0.2, -0.15) is 0 Å². The molecule has 0 unspecified atom stereocenters. The number of fused-ring (bicyclic) bond motifs is 1. The molecule has 2 aromatic carbocycles. The van der Waals surface area contributed by atoms with E-state index in [0.717, 1.165) is 33.1 Å². The first-order chi connectivity index (χ1) is 18.3. The number of phenols is 1. The summed E-state index contributed by atoms with van der Waals surface area (Å²) in [6.45, 7) is 0.0842. The first-order valence-electron chi connectivity index (χ1n) is 11.2. The van der Waals surface area contributed by atoms with Crippen molar-refractivity contribution in [3.05, 3.63) is 75.6 Å². The Hall–Kier alpha value is -4.13. The van der Waals surface area contributed by atoms with Gasteiger partial charge in [0.15, 0.2) is 0 Å². The number of thiophene rings is 1. The molecule has 2 amide bonds. The lowest BCUT2D eigenvalue weighted by Gasteiger charge is -2.14. The number of carboxylic acids is 1. The lowest BCUT2D eigenvalue weighted by Crippen LogP contribution is -2.31. The first-order valence-corrected chi connectivity index (χ1v) is 13.3. The van der Waals surface area contributed by atoms with Gasteiger partial charge in [-0.05, 0) is 52.9 Å². The highest BCUT2D eigenvalue weighted by Gasteiger charge is 2.32. The van der Waals surface area contributed by atoms with Crippen molar-refractivity contribution in [1.82, 2.24) is 14.9 Å². The summed E-state index contributed by atoms with van der Waals surface area (Å²) in [6, 6.07) is 11.6. The summed E-state index contributed by atoms with van der Waals surface area (Å²) in [5.74, 6) is -2.41. The Balaban J connectivity index is 1.22. The Morgan fingerprint density at radius 3 is 2.61 bits per heavy atom. The number of hydrogen-bond acceptors (Lipinski definition) is 9. The number of aromatic hydroxyl groups is 1. The van der Waals surface area contributed by atoms with Crippen molar-refractivity contribution in [2.45, 2.75) is 6.42 Å². The van der Waals surface area contributed by atoms with E-state index in [4.69, 9.17) is 17.3 Å². The summed E-state index contributed by atoms with van der Waals surface area (Å²) >= 11 is 8.06. The number of hydrogen-bond donors (Lipinski definition) is 3. The molecule has 0 saturated carbocycles. The summed E-state index contributed by atoms with van der Waals surface area (Å²) in [6.07, 6.45) is 5.07. The van der Waals surface area contributed by atoms with Crippen molar-refractivity contribution in [2.75, 3.05) is 11.9 Å². The Morgan fingerprint density at radius 1 is 1.05 bits per heavy atom. The Kier molecular flexibility index (Phi) is 7.18. The van der Waals surface area contributed by atoms with Crippen LogP contribution in [0.2, 0.25) is 0 Å². The van der Waals surface area contributed by atoms with E-state index in [9.17, 15) is 19.5 Å². The molecule has 1 saturated heterocycles. The summed E-state index contributed by atoms with van der Waals surface area (Å²) in [7, 11) is 0. The van der Waals surface area contributed by atoms with E-state index in [1.54, 1.807) is 18.5 Å². The van der Waals surface area contributed by atoms with Crippen LogP contribution in [-0.2, 0) is 9.59 Å². The van der Waals surface area contributed by atoms with Crippen LogP contribution in [0, 0.1) is 0 Å². The number of nitrogens with one attached hydrogen (secondary N) is 1. The molecule has 0 spiro atoms. The van der Waals surface area contributed by atoms with E-state index in [0.29, 0.717) is 9.23 Å². The average molecular weight is 563 g/mol. The zero-order chi connectivity index (χ0) is 26.8. The minimum Gasteiger partial charge on any atom is -0.507 e. The molecule has 2 aromatic heterocycles. The molecule has 1 aliphatic rings. The number of carboxylic acid groups (broad SMARTS) is 1. The van der Waals surface area contributed by atoms with Gasteiger partial charge in [0.25, 0.3) is 5.91 Å². The highest BCUT2D eigenvalue weighted by molar-refractivity contribution is 8.26. The number of carbonyl (C=O) groups is 3. The van der Waals surface area contributed by atoms with Crippen LogP contribution in [0.15, 0.2) is 65.1 Å². The molecule has 190 valence electrons. The van der Waals surface area contributed by atoms with Crippen molar-refractivity contribution < 1.29 is 24.6 Å². The molecular formula is C26H18N4O5S3. The monoisotopic (exact) mass is 562 g/mol. The normalized spacial score (nSPS) is 14.4. The maximum atomic E-state index is 13.0. The standard InChI is InChI=1S/C26H18N4O5S3/c31-21-11-16(2-3-18(21)25(34)35)29-23(32)5-8-30-24(33)22(38-26(30)36)12-17-9-15(13-37-17)14-1-4-19-20(10-14)28-7-6-27-19/h1-4,6-7,9-13,31H,5,8H2,(H,29,32)(H,34,35). The summed E-state index contributed by atoms with van der Waals surface area (Å²) in [5.41, 5.74) is 3.60. The minimum absolute atomic E-state index is 0.0326. The van der Waals surface area contributed by atoms with Gasteiger partial charge in [-0.25, -0.2) is 4.79 Å². The predicted octanol–water partition coefficient (Wildman–Crippen LogP) is 4.99. The second kappa shape index (κ2) is 10.7. The van der Waals surface area contributed by atoms with Gasteiger partial charge in [-0.1, -0.05) is 30.0 Å². The molecule has 9 nitrogen and oxygen atoms in total. The molecule has 12 heteroatoms. The number of aromatic carboxylic acids is 1. The van der Waals surface area contributed by atoms with Crippen LogP contribution in [0.1, 0.15) is 21.7 Å². The highest BCUT2D eigenvalue weighted by Crippen LogP contribution is 2.35. The van der Waals surface area contributed by atoms with Crippen LogP contribution >= 0.6 is 35.3 Å². The van der Waals surface area contributed by atoms with Gasteiger partial charge in [0, 0.05) is 42.0 Å². The van der Waals surface area contributed by atoms with Crippen molar-refractivity contribution in [1.29, 1.82) is 0 Å². The topological polar surface area (TPSA) is 133 Å². The van der Waals surface area contributed by atoms with Crippen LogP contribution < -0.4 is 5.32 Å². The third-order valence-electron chi connectivity index (χ3n) is 5.64. The summed E-state index contributed by atoms with van der Waals surface area (Å²) < 4.78 is 0.363. The van der Waals surface area contributed by atoms with Gasteiger partial charge in [-0.3, -0.25) is 24.5 Å². The molecular weight excluding hydrogens is 545 g/mol. The molecule has 0 aliphatic carbocycles. The third kappa shape index (κ3) is 5.42. The lowest BCUT2D eigenvalue weighted by molar-refractivity contribution is -0.122. The van der Waals surface area contributed by atoms with Crippen LogP contribution in [0.25, 0.3) is 28.2 Å². The fraction of sp³-hybridized carbons (Fsp3) is 0.0769. The summed E-state index contributed by atoms with van der Waals surface area (Å²) in [5, 5.41) is 23.4. The van der Waals surface area contributed by atoms with Gasteiger partial charge < -0.3 is 15.5 Å². The number of amides is 2. The number of benzene rings is 2. The van der Waals surface area contributed by atoms with Crippen molar-refractivity contribution in [3.63, 3.8) is 0 Å². The second-order valence-corrected chi connectivity index (χ2v) is 10.8. The van der Waals surface area contributed by atoms with Gasteiger partial charge in [-0.15, -0.1) is 11.3 Å². The maximum Gasteiger partial charge on any atom is 0.339 e. The van der Waals surface area contributed by atoms with E-state index in [1.165, 1.54) is 40.1 Å². The number of nitrogens with zero attached hydrogens (tertiary/aromatic N) is 3. The summed E-state index contributed by atoms with van der Waals surface area (Å²) in [4.78, 5) is 47.8. The van der Waals surface area contributed by atoms with Crippen LogP contribution in [0.3, 0.4) is 0 Å². The second-order valence-electron chi connectivity index (χ2n) is 8.17. The van der Waals surface area contributed by atoms with Gasteiger partial charge in [0.05, 0.1) is 15.9 Å². The molecule has 3 heterocycles. The number of rotatable bonds is 7. The van der Waals surface area contributed by atoms with Crippen LogP contribution in [-0.4, -0.2) is 53.7 Å². The number of aromatic nitrogens is 2. The van der Waals surface area contributed by atoms with E-state index >= 15 is 0 Å². The largest absolute Gasteiger partial charge is 0.507 e. The molecule has 1 fully saturated rings. The van der Waals surface area contributed by atoms with Gasteiger partial charge in [0.2, 0.25) is 5.91 Å². The minimum atomic E-state index is -1.27. The fourth-order valence-corrected chi connectivity index (χ4v) is 5.99.